The number of hydrogen-bond acceptors (Lipinski definition) is 5. The van der Waals surface area contributed by atoms with Gasteiger partial charge >= 0.3 is 7.12 Å². The van der Waals surface area contributed by atoms with Crippen molar-refractivity contribution in [1.82, 2.24) is 15.0 Å². The summed E-state index contributed by atoms with van der Waals surface area (Å²) in [6.07, 6.45) is 11.0. The van der Waals surface area contributed by atoms with Gasteiger partial charge in [0, 0.05) is 67.3 Å². The molecule has 0 amide bonds. The van der Waals surface area contributed by atoms with Gasteiger partial charge in [0.2, 0.25) is 0 Å². The van der Waals surface area contributed by atoms with Crippen LogP contribution in [0.4, 0.5) is 0 Å². The van der Waals surface area contributed by atoms with Crippen molar-refractivity contribution in [3.05, 3.63) is 202 Å². The van der Waals surface area contributed by atoms with Gasteiger partial charge in [0.1, 0.15) is 0 Å². The Balaban J connectivity index is 0.000000160. The van der Waals surface area contributed by atoms with E-state index < -0.39 is 0 Å². The molecule has 5 nitrogen and oxygen atoms in total. The van der Waals surface area contributed by atoms with Crippen LogP contribution in [0.2, 0.25) is 10.0 Å². The molecule has 0 aliphatic carbocycles. The van der Waals surface area contributed by atoms with Crippen LogP contribution >= 0.6 is 55.1 Å². The minimum Gasteiger partial charge on any atom is -0.399 e. The molecule has 9 rings (SSSR count). The average molecular weight is 970 g/mol. The van der Waals surface area contributed by atoms with Crippen molar-refractivity contribution in [2.75, 3.05) is 0 Å². The van der Waals surface area contributed by atoms with Crippen LogP contribution in [-0.4, -0.2) is 33.3 Å². The summed E-state index contributed by atoms with van der Waals surface area (Å²) in [6, 6.07) is 49.1. The predicted octanol–water partition coefficient (Wildman–Crippen LogP) is 14.7. The molecule has 5 aromatic carbocycles. The Morgan fingerprint density at radius 3 is 1.15 bits per heavy atom. The lowest BCUT2D eigenvalue weighted by Crippen LogP contribution is -2.41. The molecule has 3 aromatic heterocycles. The third-order valence-electron chi connectivity index (χ3n) is 10.5. The predicted molar refractivity (Wildman–Crippen MR) is 261 cm³/mol. The van der Waals surface area contributed by atoms with Gasteiger partial charge in [-0.2, -0.15) is 0 Å². The zero-order valence-electron chi connectivity index (χ0n) is 34.1. The molecule has 0 unspecified atom stereocenters. The first-order valence-electron chi connectivity index (χ1n) is 19.6. The second-order valence-corrected chi connectivity index (χ2v) is 18.1. The fourth-order valence-corrected chi connectivity index (χ4v) is 8.67. The van der Waals surface area contributed by atoms with E-state index in [1.54, 1.807) is 18.6 Å². The van der Waals surface area contributed by atoms with Crippen LogP contribution in [0, 0.1) is 0 Å². The molecule has 0 spiro atoms. The molecule has 1 saturated heterocycles. The molecule has 1 aliphatic rings. The van der Waals surface area contributed by atoms with Crippen molar-refractivity contribution in [2.45, 2.75) is 38.9 Å². The topological polar surface area (TPSA) is 57.1 Å². The van der Waals surface area contributed by atoms with E-state index in [2.05, 4.69) is 159 Å². The maximum absolute atomic E-state index is 6.54. The first kappa shape index (κ1) is 44.1. The summed E-state index contributed by atoms with van der Waals surface area (Å²) >= 11 is 18.8. The van der Waals surface area contributed by atoms with E-state index in [9.17, 15) is 0 Å². The SMILES string of the molecule is CC1(C)OB(c2cccc(-c3cccnc3)c2)OC1(C)C.Clc1cc(-c2cccc(-c3cccnc3)c2)cc(-c2cccc(-c3cccnc3)c2)c1.Clc1cc(Br)cc(Br)c1. The average Bonchev–Trinajstić information content (AvgIpc) is 3.50. The van der Waals surface area contributed by atoms with E-state index in [0.717, 1.165) is 75.1 Å². The number of halogens is 4. The summed E-state index contributed by atoms with van der Waals surface area (Å²) in [5.74, 6) is 0. The number of benzene rings is 5. The van der Waals surface area contributed by atoms with E-state index in [-0.39, 0.29) is 18.3 Å². The van der Waals surface area contributed by atoms with Gasteiger partial charge in [0.05, 0.1) is 11.2 Å². The standard InChI is InChI=1S/C28H19ClN2.C17H20BNO2.C6H3Br2Cl/c29-28-16-26(22-7-1-5-20(13-22)24-9-3-11-30-18-24)15-27(17-28)23-8-2-6-21(14-23)25-10-4-12-31-19-25;1-16(2)17(3,4)21-18(20-16)15-9-5-7-13(11-15)14-8-6-10-19-12-14;7-4-1-5(8)3-6(9)2-4/h1-19H;5-12H,1-4H3;1-3H. The fraction of sp³-hybridized carbons (Fsp3) is 0.118. The molecule has 0 N–H and O–H groups in total. The summed E-state index contributed by atoms with van der Waals surface area (Å²) in [5, 5.41) is 1.45. The van der Waals surface area contributed by atoms with Crippen molar-refractivity contribution in [3.8, 4) is 55.6 Å². The van der Waals surface area contributed by atoms with Gasteiger partial charge in [0.15, 0.2) is 0 Å². The van der Waals surface area contributed by atoms with Crippen LogP contribution in [0.25, 0.3) is 55.6 Å². The molecule has 0 bridgehead atoms. The van der Waals surface area contributed by atoms with Gasteiger partial charge in [-0.05, 0) is 144 Å². The van der Waals surface area contributed by atoms with Crippen LogP contribution in [0.3, 0.4) is 0 Å². The van der Waals surface area contributed by atoms with E-state index in [1.807, 2.05) is 79.3 Å². The summed E-state index contributed by atoms with van der Waals surface area (Å²) in [7, 11) is -0.327. The summed E-state index contributed by atoms with van der Waals surface area (Å²) in [4.78, 5) is 12.6. The highest BCUT2D eigenvalue weighted by Gasteiger charge is 2.51. The molecule has 10 heteroatoms. The van der Waals surface area contributed by atoms with Gasteiger partial charge in [-0.3, -0.25) is 15.0 Å². The van der Waals surface area contributed by atoms with Gasteiger partial charge in [-0.15, -0.1) is 0 Å². The normalized spacial score (nSPS) is 13.7. The van der Waals surface area contributed by atoms with E-state index in [1.165, 1.54) is 0 Å². The lowest BCUT2D eigenvalue weighted by atomic mass is 9.78. The molecule has 61 heavy (non-hydrogen) atoms. The Labute approximate surface area is 385 Å². The third-order valence-corrected chi connectivity index (χ3v) is 11.9. The maximum Gasteiger partial charge on any atom is 0.494 e. The third kappa shape index (κ3) is 11.5. The Kier molecular flexibility index (Phi) is 14.4. The van der Waals surface area contributed by atoms with Gasteiger partial charge in [-0.25, -0.2) is 0 Å². The molecule has 1 fully saturated rings. The lowest BCUT2D eigenvalue weighted by Gasteiger charge is -2.32. The highest BCUT2D eigenvalue weighted by molar-refractivity contribution is 9.11. The summed E-state index contributed by atoms with van der Waals surface area (Å²) < 4.78 is 14.2. The van der Waals surface area contributed by atoms with E-state index >= 15 is 0 Å². The molecular weight excluding hydrogens is 928 g/mol. The maximum atomic E-state index is 6.54. The zero-order valence-corrected chi connectivity index (χ0v) is 38.8. The molecule has 1 aliphatic heterocycles. The quantitative estimate of drug-likeness (QED) is 0.155. The van der Waals surface area contributed by atoms with E-state index in [0.29, 0.717) is 5.02 Å². The van der Waals surface area contributed by atoms with Crippen molar-refractivity contribution in [3.63, 3.8) is 0 Å². The van der Waals surface area contributed by atoms with Crippen molar-refractivity contribution >= 4 is 67.6 Å². The molecule has 0 atom stereocenters. The van der Waals surface area contributed by atoms with Crippen LogP contribution in [0.1, 0.15) is 27.7 Å². The first-order valence-corrected chi connectivity index (χ1v) is 22.0. The lowest BCUT2D eigenvalue weighted by molar-refractivity contribution is 0.00578. The van der Waals surface area contributed by atoms with Crippen LogP contribution in [0.5, 0.6) is 0 Å². The van der Waals surface area contributed by atoms with Crippen LogP contribution in [0.15, 0.2) is 192 Å². The highest BCUT2D eigenvalue weighted by Crippen LogP contribution is 2.37. The number of pyridine rings is 3. The second kappa shape index (κ2) is 19.8. The number of hydrogen-bond donors (Lipinski definition) is 0. The Morgan fingerprint density at radius 1 is 0.410 bits per heavy atom. The van der Waals surface area contributed by atoms with E-state index in [4.69, 9.17) is 32.5 Å². The van der Waals surface area contributed by atoms with Crippen molar-refractivity contribution < 1.29 is 9.31 Å². The Hall–Kier alpha value is -4.93. The number of rotatable bonds is 6. The monoisotopic (exact) mass is 967 g/mol. The summed E-state index contributed by atoms with van der Waals surface area (Å²) in [5.41, 5.74) is 11.5. The number of nitrogens with zero attached hydrogens (tertiary/aromatic N) is 3. The zero-order chi connectivity index (χ0) is 43.0. The van der Waals surface area contributed by atoms with Gasteiger partial charge in [-0.1, -0.05) is 134 Å². The van der Waals surface area contributed by atoms with Crippen LogP contribution in [-0.2, 0) is 9.31 Å². The molecule has 8 aromatic rings. The fourth-order valence-electron chi connectivity index (χ4n) is 6.64. The molecule has 304 valence electrons. The van der Waals surface area contributed by atoms with Gasteiger partial charge < -0.3 is 9.31 Å². The second-order valence-electron chi connectivity index (χ2n) is 15.4. The Bertz CT molecular complexity index is 2560. The highest BCUT2D eigenvalue weighted by atomic mass is 79.9. The summed E-state index contributed by atoms with van der Waals surface area (Å²) in [6.45, 7) is 8.27. The molecule has 0 radical (unpaired) electrons. The van der Waals surface area contributed by atoms with Gasteiger partial charge in [0.25, 0.3) is 0 Å². The Morgan fingerprint density at radius 2 is 0.754 bits per heavy atom. The van der Waals surface area contributed by atoms with Crippen molar-refractivity contribution in [2.24, 2.45) is 0 Å². The van der Waals surface area contributed by atoms with Crippen LogP contribution < -0.4 is 5.46 Å². The smallest absolute Gasteiger partial charge is 0.399 e. The van der Waals surface area contributed by atoms with Crippen molar-refractivity contribution in [1.29, 1.82) is 0 Å². The largest absolute Gasteiger partial charge is 0.494 e. The molecular formula is C51H42BBr2Cl2N3O2. The minimum absolute atomic E-state index is 0.317. The minimum atomic E-state index is -0.327. The molecule has 0 saturated carbocycles. The number of aromatic nitrogens is 3. The first-order chi connectivity index (χ1) is 29.3. The molecule has 4 heterocycles.